The lowest BCUT2D eigenvalue weighted by atomic mass is 9.98. The third-order valence-corrected chi connectivity index (χ3v) is 6.48. The highest BCUT2D eigenvalue weighted by Crippen LogP contribution is 2.20. The molecule has 29 heavy (non-hydrogen) atoms. The van der Waals surface area contributed by atoms with Crippen molar-refractivity contribution in [2.24, 2.45) is 5.92 Å². The van der Waals surface area contributed by atoms with Crippen molar-refractivity contribution in [3.05, 3.63) is 77.2 Å². The molecule has 0 atom stereocenters. The van der Waals surface area contributed by atoms with Crippen LogP contribution in [-0.2, 0) is 21.4 Å². The van der Waals surface area contributed by atoms with E-state index in [0.717, 1.165) is 11.1 Å². The molecule has 3 rings (SSSR count). The molecule has 1 saturated heterocycles. The Morgan fingerprint density at radius 1 is 1.03 bits per heavy atom. The van der Waals surface area contributed by atoms with Crippen molar-refractivity contribution in [1.29, 1.82) is 0 Å². The highest BCUT2D eigenvalue weighted by molar-refractivity contribution is 7.92. The van der Waals surface area contributed by atoms with Crippen LogP contribution in [0.15, 0.2) is 66.1 Å². The fourth-order valence-electron chi connectivity index (χ4n) is 3.18. The van der Waals surface area contributed by atoms with E-state index >= 15 is 0 Å². The van der Waals surface area contributed by atoms with Crippen molar-refractivity contribution >= 4 is 22.2 Å². The van der Waals surface area contributed by atoms with Crippen molar-refractivity contribution in [2.45, 2.75) is 19.4 Å². The number of hydrogen-bond acceptors (Lipinski definition) is 4. The summed E-state index contributed by atoms with van der Waals surface area (Å²) in [6.07, 6.45) is 2.58. The quantitative estimate of drug-likeness (QED) is 0.751. The van der Waals surface area contributed by atoms with Crippen molar-refractivity contribution < 1.29 is 17.9 Å². The molecule has 1 aliphatic rings. The Balaban J connectivity index is 1.39. The van der Waals surface area contributed by atoms with E-state index in [9.17, 15) is 13.2 Å². The van der Waals surface area contributed by atoms with Crippen molar-refractivity contribution in [3.63, 3.8) is 0 Å². The summed E-state index contributed by atoms with van der Waals surface area (Å²) in [5.74, 6) is 0.240. The van der Waals surface area contributed by atoms with Crippen molar-refractivity contribution in [3.8, 4) is 0 Å². The number of alkyl carbamates (subject to hydrolysis) is 1. The van der Waals surface area contributed by atoms with E-state index in [2.05, 4.69) is 5.32 Å². The van der Waals surface area contributed by atoms with Gasteiger partial charge in [0.15, 0.2) is 0 Å². The van der Waals surface area contributed by atoms with Gasteiger partial charge < -0.3 is 10.1 Å². The first kappa shape index (κ1) is 21.1. The van der Waals surface area contributed by atoms with Crippen LogP contribution in [0.4, 0.5) is 4.79 Å². The number of nitrogens with one attached hydrogen (secondary N) is 1. The van der Waals surface area contributed by atoms with Gasteiger partial charge >= 0.3 is 6.09 Å². The Morgan fingerprint density at radius 2 is 1.66 bits per heavy atom. The number of sulfonamides is 1. The SMILES string of the molecule is O=C(NCC1CCN(S(=O)(=O)C=Cc2ccccc2)CC1)OCc1ccccc1. The lowest BCUT2D eigenvalue weighted by Crippen LogP contribution is -2.40. The molecule has 7 heteroatoms. The van der Waals surface area contributed by atoms with Crippen LogP contribution in [0.2, 0.25) is 0 Å². The molecule has 0 spiro atoms. The van der Waals surface area contributed by atoms with Crippen LogP contribution in [-0.4, -0.2) is 38.5 Å². The molecule has 0 unspecified atom stereocenters. The van der Waals surface area contributed by atoms with Gasteiger partial charge in [0, 0.05) is 25.0 Å². The molecular weight excluding hydrogens is 388 g/mol. The predicted molar refractivity (Wildman–Crippen MR) is 113 cm³/mol. The van der Waals surface area contributed by atoms with Crippen LogP contribution in [0, 0.1) is 5.92 Å². The average Bonchev–Trinajstić information content (AvgIpc) is 2.77. The molecule has 0 aliphatic carbocycles. The maximum Gasteiger partial charge on any atom is 0.407 e. The monoisotopic (exact) mass is 414 g/mol. The molecule has 1 N–H and O–H groups in total. The van der Waals surface area contributed by atoms with Crippen molar-refractivity contribution in [1.82, 2.24) is 9.62 Å². The summed E-state index contributed by atoms with van der Waals surface area (Å²) in [4.78, 5) is 11.9. The summed E-state index contributed by atoms with van der Waals surface area (Å²) in [5, 5.41) is 4.05. The van der Waals surface area contributed by atoms with Gasteiger partial charge in [0.1, 0.15) is 6.61 Å². The minimum Gasteiger partial charge on any atom is -0.445 e. The number of piperidine rings is 1. The second-order valence-corrected chi connectivity index (χ2v) is 8.86. The standard InChI is InChI=1S/C22H26N2O4S/c25-22(28-18-21-9-5-2-6-10-21)23-17-20-11-14-24(15-12-20)29(26,27)16-13-19-7-3-1-4-8-19/h1-10,13,16,20H,11-12,14-15,17-18H2,(H,23,25). The van der Waals surface area contributed by atoms with Gasteiger partial charge in [0.25, 0.3) is 0 Å². The van der Waals surface area contributed by atoms with Gasteiger partial charge in [-0.3, -0.25) is 0 Å². The number of ether oxygens (including phenoxy) is 1. The summed E-state index contributed by atoms with van der Waals surface area (Å²) in [5.41, 5.74) is 1.79. The molecular formula is C22H26N2O4S. The van der Waals surface area contributed by atoms with Crippen molar-refractivity contribution in [2.75, 3.05) is 19.6 Å². The van der Waals surface area contributed by atoms with Gasteiger partial charge in [-0.25, -0.2) is 13.2 Å². The average molecular weight is 415 g/mol. The molecule has 0 aromatic heterocycles. The van der Waals surface area contributed by atoms with E-state index < -0.39 is 16.1 Å². The van der Waals surface area contributed by atoms with E-state index in [1.807, 2.05) is 60.7 Å². The predicted octanol–water partition coefficient (Wildman–Crippen LogP) is 3.63. The molecule has 0 saturated carbocycles. The molecule has 1 fully saturated rings. The summed E-state index contributed by atoms with van der Waals surface area (Å²) in [6, 6.07) is 18.9. The fourth-order valence-corrected chi connectivity index (χ4v) is 4.41. The van der Waals surface area contributed by atoms with Crippen LogP contribution >= 0.6 is 0 Å². The number of carbonyl (C=O) groups excluding carboxylic acids is 1. The molecule has 2 aromatic rings. The Bertz CT molecular complexity index is 906. The summed E-state index contributed by atoms with van der Waals surface area (Å²) in [6.45, 7) is 1.62. The van der Waals surface area contributed by atoms with Crippen LogP contribution in [0.25, 0.3) is 6.08 Å². The fraction of sp³-hybridized carbons (Fsp3) is 0.318. The normalized spacial score (nSPS) is 16.0. The second kappa shape index (κ2) is 10.2. The lowest BCUT2D eigenvalue weighted by Gasteiger charge is -2.30. The Kier molecular flexibility index (Phi) is 7.43. The van der Waals surface area contributed by atoms with Gasteiger partial charge in [-0.2, -0.15) is 4.31 Å². The maximum atomic E-state index is 12.5. The van der Waals surface area contributed by atoms with E-state index in [1.165, 1.54) is 9.71 Å². The first-order valence-corrected chi connectivity index (χ1v) is 11.2. The third kappa shape index (κ3) is 6.73. The Morgan fingerprint density at radius 3 is 2.31 bits per heavy atom. The summed E-state index contributed by atoms with van der Waals surface area (Å²) in [7, 11) is -3.43. The first-order valence-electron chi connectivity index (χ1n) is 9.71. The molecule has 154 valence electrons. The molecule has 6 nitrogen and oxygen atoms in total. The van der Waals surface area contributed by atoms with Gasteiger partial charge in [-0.1, -0.05) is 60.7 Å². The molecule has 0 radical (unpaired) electrons. The van der Waals surface area contributed by atoms with E-state index in [-0.39, 0.29) is 12.5 Å². The highest BCUT2D eigenvalue weighted by atomic mass is 32.2. The first-order chi connectivity index (χ1) is 14.0. The highest BCUT2D eigenvalue weighted by Gasteiger charge is 2.26. The lowest BCUT2D eigenvalue weighted by molar-refractivity contribution is 0.136. The number of nitrogens with zero attached hydrogens (tertiary/aromatic N) is 1. The van der Waals surface area contributed by atoms with Crippen LogP contribution < -0.4 is 5.32 Å². The Labute approximate surface area is 172 Å². The largest absolute Gasteiger partial charge is 0.445 e. The second-order valence-electron chi connectivity index (χ2n) is 7.04. The zero-order valence-corrected chi connectivity index (χ0v) is 17.1. The van der Waals surface area contributed by atoms with Crippen LogP contribution in [0.5, 0.6) is 0 Å². The number of rotatable bonds is 7. The van der Waals surface area contributed by atoms with Gasteiger partial charge in [-0.15, -0.1) is 0 Å². The summed E-state index contributed by atoms with van der Waals surface area (Å²) >= 11 is 0. The molecule has 1 aliphatic heterocycles. The summed E-state index contributed by atoms with van der Waals surface area (Å²) < 4.78 is 31.7. The van der Waals surface area contributed by atoms with Gasteiger partial charge in [0.05, 0.1) is 0 Å². The van der Waals surface area contributed by atoms with E-state index in [1.54, 1.807) is 6.08 Å². The topological polar surface area (TPSA) is 75.7 Å². The third-order valence-electron chi connectivity index (χ3n) is 4.91. The minimum absolute atomic E-state index is 0.233. The van der Waals surface area contributed by atoms with E-state index in [0.29, 0.717) is 32.5 Å². The number of carbonyl (C=O) groups is 1. The van der Waals surface area contributed by atoms with E-state index in [4.69, 9.17) is 4.74 Å². The zero-order chi connectivity index (χ0) is 20.5. The number of amides is 1. The van der Waals surface area contributed by atoms with Gasteiger partial charge in [0.2, 0.25) is 10.0 Å². The molecule has 1 amide bonds. The number of hydrogen-bond donors (Lipinski definition) is 1. The zero-order valence-electron chi connectivity index (χ0n) is 16.2. The maximum absolute atomic E-state index is 12.5. The number of benzene rings is 2. The smallest absolute Gasteiger partial charge is 0.407 e. The minimum atomic E-state index is -3.43. The molecule has 2 aromatic carbocycles. The molecule has 0 bridgehead atoms. The van der Waals surface area contributed by atoms with Crippen LogP contribution in [0.1, 0.15) is 24.0 Å². The van der Waals surface area contributed by atoms with Crippen LogP contribution in [0.3, 0.4) is 0 Å². The van der Waals surface area contributed by atoms with Gasteiger partial charge in [-0.05, 0) is 36.0 Å². The molecule has 1 heterocycles. The Hall–Kier alpha value is -2.64.